The average molecular weight is 585 g/mol. The Bertz CT molecular complexity index is 1370. The number of aromatic nitrogens is 1. The third-order valence-electron chi connectivity index (χ3n) is 6.67. The first-order valence-electron chi connectivity index (χ1n) is 13.1. The molecule has 4 N–H and O–H groups in total. The van der Waals surface area contributed by atoms with Gasteiger partial charge in [0, 0.05) is 35.9 Å². The van der Waals surface area contributed by atoms with E-state index in [1.54, 1.807) is 30.3 Å². The van der Waals surface area contributed by atoms with Crippen LogP contribution in [0.15, 0.2) is 54.7 Å². The van der Waals surface area contributed by atoms with Gasteiger partial charge in [-0.15, -0.1) is 0 Å². The number of nitrogens with one attached hydrogen (secondary N) is 3. The van der Waals surface area contributed by atoms with E-state index in [0.717, 1.165) is 51.0 Å². The number of hydrogen-bond donors (Lipinski definition) is 4. The maximum Gasteiger partial charge on any atom is 0.259 e. The van der Waals surface area contributed by atoms with Gasteiger partial charge in [0.2, 0.25) is 5.91 Å². The molecule has 2 aromatic carbocycles. The number of anilines is 2. The zero-order valence-electron chi connectivity index (χ0n) is 22.0. The Hall–Kier alpha value is -3.66. The highest BCUT2D eigenvalue weighted by Crippen LogP contribution is 2.33. The molecule has 9 nitrogen and oxygen atoms in total. The molecular weight excluding hydrogens is 553 g/mol. The van der Waals surface area contributed by atoms with Crippen molar-refractivity contribution in [2.75, 3.05) is 36.8 Å². The molecule has 40 heavy (non-hydrogen) atoms. The Kier molecular flexibility index (Phi) is 9.98. The van der Waals surface area contributed by atoms with Gasteiger partial charge in [0.25, 0.3) is 11.8 Å². The van der Waals surface area contributed by atoms with E-state index in [1.807, 2.05) is 4.90 Å². The number of aromatic hydroxyl groups is 1. The Morgan fingerprint density at radius 2 is 1.82 bits per heavy atom. The fraction of sp³-hybridized carbons (Fsp3) is 0.310. The number of phenols is 1. The SMILES string of the molecule is CCNCCCN1CCCC(c2ccc(C(=O)Nc3c(O)cc(Cl)cc3C(=O)Nc3ccc(Cl)cn3)cc2)C1=O. The van der Waals surface area contributed by atoms with Crippen LogP contribution in [-0.4, -0.2) is 58.9 Å². The Morgan fingerprint density at radius 1 is 1.05 bits per heavy atom. The van der Waals surface area contributed by atoms with Crippen molar-refractivity contribution in [3.05, 3.63) is 81.5 Å². The van der Waals surface area contributed by atoms with Crippen molar-refractivity contribution in [3.8, 4) is 5.75 Å². The molecule has 1 unspecified atom stereocenters. The normalized spacial score (nSPS) is 15.1. The molecule has 0 spiro atoms. The van der Waals surface area contributed by atoms with Crippen LogP contribution in [0.5, 0.6) is 5.75 Å². The number of halogens is 2. The van der Waals surface area contributed by atoms with Crippen molar-refractivity contribution in [1.82, 2.24) is 15.2 Å². The average Bonchev–Trinajstić information content (AvgIpc) is 2.94. The van der Waals surface area contributed by atoms with Gasteiger partial charge in [0.05, 0.1) is 22.2 Å². The van der Waals surface area contributed by atoms with Crippen LogP contribution in [0.25, 0.3) is 0 Å². The first-order chi connectivity index (χ1) is 19.3. The minimum Gasteiger partial charge on any atom is -0.506 e. The molecule has 1 fully saturated rings. The summed E-state index contributed by atoms with van der Waals surface area (Å²) < 4.78 is 0. The second kappa shape index (κ2) is 13.6. The summed E-state index contributed by atoms with van der Waals surface area (Å²) in [6, 6.07) is 12.5. The molecule has 1 atom stereocenters. The molecule has 0 saturated carbocycles. The molecular formula is C29H31Cl2N5O4. The lowest BCUT2D eigenvalue weighted by Crippen LogP contribution is -2.41. The summed E-state index contributed by atoms with van der Waals surface area (Å²) in [6.07, 6.45) is 3.96. The molecule has 3 aromatic rings. The summed E-state index contributed by atoms with van der Waals surface area (Å²) >= 11 is 11.9. The Balaban J connectivity index is 1.46. The molecule has 1 aliphatic heterocycles. The first-order valence-corrected chi connectivity index (χ1v) is 13.9. The van der Waals surface area contributed by atoms with E-state index in [-0.39, 0.29) is 39.7 Å². The van der Waals surface area contributed by atoms with Crippen LogP contribution in [0.1, 0.15) is 58.4 Å². The van der Waals surface area contributed by atoms with E-state index < -0.39 is 11.8 Å². The third kappa shape index (κ3) is 7.29. The van der Waals surface area contributed by atoms with E-state index in [9.17, 15) is 19.5 Å². The van der Waals surface area contributed by atoms with Gasteiger partial charge in [-0.3, -0.25) is 14.4 Å². The number of carbonyl (C=O) groups is 3. The molecule has 3 amide bonds. The molecule has 0 bridgehead atoms. The van der Waals surface area contributed by atoms with Gasteiger partial charge >= 0.3 is 0 Å². The van der Waals surface area contributed by atoms with Crippen molar-refractivity contribution in [2.24, 2.45) is 0 Å². The lowest BCUT2D eigenvalue weighted by molar-refractivity contribution is -0.135. The van der Waals surface area contributed by atoms with Gasteiger partial charge in [-0.2, -0.15) is 0 Å². The lowest BCUT2D eigenvalue weighted by atomic mass is 9.89. The van der Waals surface area contributed by atoms with E-state index in [4.69, 9.17) is 23.2 Å². The minimum atomic E-state index is -0.635. The number of benzene rings is 2. The van der Waals surface area contributed by atoms with Crippen molar-refractivity contribution < 1.29 is 19.5 Å². The highest BCUT2D eigenvalue weighted by molar-refractivity contribution is 6.32. The lowest BCUT2D eigenvalue weighted by Gasteiger charge is -2.32. The fourth-order valence-electron chi connectivity index (χ4n) is 4.63. The molecule has 1 saturated heterocycles. The number of pyridine rings is 1. The first kappa shape index (κ1) is 29.3. The number of carbonyl (C=O) groups excluding carboxylic acids is 3. The standard InChI is InChI=1S/C29H31Cl2N5O4/c1-2-32-12-4-14-36-13-3-5-22(29(36)40)18-6-8-19(9-7-18)27(38)35-26-23(15-21(31)16-24(26)37)28(39)34-25-11-10-20(30)17-33-25/h6-11,15-17,22,32,37H,2-5,12-14H2,1H3,(H,35,38)(H,33,34,39). The summed E-state index contributed by atoms with van der Waals surface area (Å²) in [5.41, 5.74) is 1.01. The van der Waals surface area contributed by atoms with Crippen LogP contribution in [-0.2, 0) is 4.79 Å². The molecule has 4 rings (SSSR count). The van der Waals surface area contributed by atoms with Crippen molar-refractivity contribution in [1.29, 1.82) is 0 Å². The Morgan fingerprint density at radius 3 is 2.52 bits per heavy atom. The van der Waals surface area contributed by atoms with Crippen LogP contribution < -0.4 is 16.0 Å². The van der Waals surface area contributed by atoms with Gasteiger partial charge < -0.3 is 26.0 Å². The topological polar surface area (TPSA) is 124 Å². The molecule has 2 heterocycles. The van der Waals surface area contributed by atoms with E-state index in [0.29, 0.717) is 10.6 Å². The predicted octanol–water partition coefficient (Wildman–Crippen LogP) is 5.30. The second-order valence-electron chi connectivity index (χ2n) is 9.47. The van der Waals surface area contributed by atoms with E-state index in [2.05, 4.69) is 27.9 Å². The van der Waals surface area contributed by atoms with Crippen molar-refractivity contribution in [2.45, 2.75) is 32.1 Å². The van der Waals surface area contributed by atoms with Crippen LogP contribution in [0.4, 0.5) is 11.5 Å². The van der Waals surface area contributed by atoms with Gasteiger partial charge in [-0.25, -0.2) is 4.98 Å². The summed E-state index contributed by atoms with van der Waals surface area (Å²) in [5, 5.41) is 19.5. The maximum atomic E-state index is 13.1. The number of phenolic OH excluding ortho intramolecular Hbond substituents is 1. The van der Waals surface area contributed by atoms with E-state index >= 15 is 0 Å². The minimum absolute atomic E-state index is 0.0475. The molecule has 1 aliphatic rings. The quantitative estimate of drug-likeness (QED) is 0.189. The summed E-state index contributed by atoms with van der Waals surface area (Å²) in [5.74, 6) is -1.45. The predicted molar refractivity (Wildman–Crippen MR) is 156 cm³/mol. The zero-order valence-corrected chi connectivity index (χ0v) is 23.6. The number of hydrogen-bond acceptors (Lipinski definition) is 6. The molecule has 210 valence electrons. The van der Waals surface area contributed by atoms with Gasteiger partial charge in [0.1, 0.15) is 11.6 Å². The Labute approximate surface area is 242 Å². The van der Waals surface area contributed by atoms with Crippen LogP contribution in [0, 0.1) is 0 Å². The molecule has 0 radical (unpaired) electrons. The monoisotopic (exact) mass is 583 g/mol. The number of nitrogens with zero attached hydrogens (tertiary/aromatic N) is 2. The highest BCUT2D eigenvalue weighted by Gasteiger charge is 2.29. The van der Waals surface area contributed by atoms with Gasteiger partial charge in [-0.1, -0.05) is 42.3 Å². The summed E-state index contributed by atoms with van der Waals surface area (Å²) in [4.78, 5) is 45.1. The summed E-state index contributed by atoms with van der Waals surface area (Å²) in [7, 11) is 0. The van der Waals surface area contributed by atoms with Gasteiger partial charge in [0.15, 0.2) is 0 Å². The zero-order chi connectivity index (χ0) is 28.6. The number of piperidine rings is 1. The molecule has 0 aliphatic carbocycles. The second-order valence-corrected chi connectivity index (χ2v) is 10.3. The van der Waals surface area contributed by atoms with Crippen LogP contribution in [0.2, 0.25) is 10.0 Å². The van der Waals surface area contributed by atoms with Gasteiger partial charge in [-0.05, 0) is 68.2 Å². The van der Waals surface area contributed by atoms with Crippen LogP contribution in [0.3, 0.4) is 0 Å². The van der Waals surface area contributed by atoms with Crippen LogP contribution >= 0.6 is 23.2 Å². The largest absolute Gasteiger partial charge is 0.506 e. The number of amides is 3. The smallest absolute Gasteiger partial charge is 0.259 e. The maximum absolute atomic E-state index is 13.1. The highest BCUT2D eigenvalue weighted by atomic mass is 35.5. The number of likely N-dealkylation sites (tertiary alicyclic amines) is 1. The molecule has 1 aromatic heterocycles. The van der Waals surface area contributed by atoms with Crippen molar-refractivity contribution >= 4 is 52.4 Å². The van der Waals surface area contributed by atoms with Crippen molar-refractivity contribution in [3.63, 3.8) is 0 Å². The number of rotatable bonds is 10. The summed E-state index contributed by atoms with van der Waals surface area (Å²) in [6.45, 7) is 5.32. The molecule has 11 heteroatoms. The third-order valence-corrected chi connectivity index (χ3v) is 7.11. The fourth-order valence-corrected chi connectivity index (χ4v) is 4.96. The van der Waals surface area contributed by atoms with E-state index in [1.165, 1.54) is 24.4 Å².